The number of carbonyl (C=O) groups is 1. The van der Waals surface area contributed by atoms with Gasteiger partial charge >= 0.3 is 0 Å². The molecule has 1 aliphatic carbocycles. The van der Waals surface area contributed by atoms with Crippen molar-refractivity contribution < 1.29 is 13.2 Å². The normalized spacial score (nSPS) is 21.3. The van der Waals surface area contributed by atoms with Crippen molar-refractivity contribution in [2.24, 2.45) is 11.3 Å². The second-order valence-corrected chi connectivity index (χ2v) is 9.76. The molecule has 1 aromatic carbocycles. The minimum Gasteiger partial charge on any atom is -0.325 e. The quantitative estimate of drug-likeness (QED) is 0.853. The third-order valence-electron chi connectivity index (χ3n) is 5.85. The molecule has 1 N–H and O–H groups in total. The Hall–Kier alpha value is -1.91. The van der Waals surface area contributed by atoms with Crippen LogP contribution in [0.1, 0.15) is 51.9 Å². The van der Waals surface area contributed by atoms with Crippen molar-refractivity contribution in [1.82, 2.24) is 4.31 Å². The molecule has 1 saturated carbocycles. The Morgan fingerprint density at radius 3 is 2.30 bits per heavy atom. The summed E-state index contributed by atoms with van der Waals surface area (Å²) < 4.78 is 27.1. The maximum atomic E-state index is 12.8. The fraction of sp³-hybridized carbons (Fsp3) is 0.600. The number of nitrogens with zero attached hydrogens (tertiary/aromatic N) is 2. The van der Waals surface area contributed by atoms with Gasteiger partial charge in [0.2, 0.25) is 15.9 Å². The van der Waals surface area contributed by atoms with E-state index in [4.69, 9.17) is 0 Å². The van der Waals surface area contributed by atoms with Crippen molar-refractivity contribution >= 4 is 21.6 Å². The van der Waals surface area contributed by atoms with Gasteiger partial charge in [-0.25, -0.2) is 8.42 Å². The van der Waals surface area contributed by atoms with Crippen LogP contribution in [0.5, 0.6) is 0 Å². The highest BCUT2D eigenvalue weighted by atomic mass is 32.2. The lowest BCUT2D eigenvalue weighted by atomic mass is 9.74. The van der Waals surface area contributed by atoms with Gasteiger partial charge in [0.05, 0.1) is 11.0 Å². The molecule has 1 heterocycles. The van der Waals surface area contributed by atoms with Crippen LogP contribution in [0.2, 0.25) is 0 Å². The highest BCUT2D eigenvalue weighted by Gasteiger charge is 2.39. The van der Waals surface area contributed by atoms with E-state index in [9.17, 15) is 18.5 Å². The van der Waals surface area contributed by atoms with Gasteiger partial charge in [-0.15, -0.1) is 0 Å². The predicted molar refractivity (Wildman–Crippen MR) is 103 cm³/mol. The molecular weight excluding hydrogens is 362 g/mol. The summed E-state index contributed by atoms with van der Waals surface area (Å²) in [5.41, 5.74) is -0.445. The Bertz CT molecular complexity index is 813. The topological polar surface area (TPSA) is 90.3 Å². The van der Waals surface area contributed by atoms with Crippen LogP contribution in [-0.2, 0) is 14.8 Å². The van der Waals surface area contributed by atoms with Crippen LogP contribution in [0.15, 0.2) is 29.2 Å². The first kappa shape index (κ1) is 19.8. The SMILES string of the molecule is CC1CCN(S(=O)(=O)c2ccc(NC(=O)C3(C#N)CCCCC3)cc2)CC1. The summed E-state index contributed by atoms with van der Waals surface area (Å²) in [5.74, 6) is 0.270. The number of piperidine rings is 1. The number of nitrogens with one attached hydrogen (secondary N) is 1. The molecular formula is C20H27N3O3S. The molecule has 0 aromatic heterocycles. The molecule has 2 fully saturated rings. The Morgan fingerprint density at radius 2 is 1.74 bits per heavy atom. The number of hydrogen-bond acceptors (Lipinski definition) is 4. The van der Waals surface area contributed by atoms with E-state index in [1.165, 1.54) is 16.4 Å². The molecule has 2 aliphatic rings. The summed E-state index contributed by atoms with van der Waals surface area (Å²) in [6.07, 6.45) is 5.73. The Kier molecular flexibility index (Phi) is 5.87. The number of rotatable bonds is 4. The molecule has 0 unspecified atom stereocenters. The summed E-state index contributed by atoms with van der Waals surface area (Å²) in [7, 11) is -3.50. The zero-order chi connectivity index (χ0) is 19.5. The number of carbonyl (C=O) groups excluding carboxylic acids is 1. The van der Waals surface area contributed by atoms with Crippen LogP contribution in [0.4, 0.5) is 5.69 Å². The highest BCUT2D eigenvalue weighted by Crippen LogP contribution is 2.37. The van der Waals surface area contributed by atoms with Gasteiger partial charge in [0, 0.05) is 18.8 Å². The molecule has 6 nitrogen and oxygen atoms in total. The van der Waals surface area contributed by atoms with Crippen molar-refractivity contribution in [1.29, 1.82) is 5.26 Å². The Balaban J connectivity index is 1.70. The molecule has 0 atom stereocenters. The number of benzene rings is 1. The van der Waals surface area contributed by atoms with E-state index in [1.807, 2.05) is 0 Å². The first-order valence-electron chi connectivity index (χ1n) is 9.70. The lowest BCUT2D eigenvalue weighted by Crippen LogP contribution is -2.38. The van der Waals surface area contributed by atoms with Gasteiger partial charge in [-0.2, -0.15) is 9.57 Å². The molecule has 0 spiro atoms. The average Bonchev–Trinajstić information content (AvgIpc) is 2.69. The summed E-state index contributed by atoms with van der Waals surface area (Å²) in [5, 5.41) is 12.3. The van der Waals surface area contributed by atoms with Crippen LogP contribution in [0, 0.1) is 22.7 Å². The fourth-order valence-electron chi connectivity index (χ4n) is 3.88. The van der Waals surface area contributed by atoms with E-state index in [2.05, 4.69) is 18.3 Å². The minimum atomic E-state index is -3.50. The summed E-state index contributed by atoms with van der Waals surface area (Å²) in [6, 6.07) is 8.47. The number of sulfonamides is 1. The second kappa shape index (κ2) is 7.99. The van der Waals surface area contributed by atoms with Crippen LogP contribution < -0.4 is 5.32 Å². The fourth-order valence-corrected chi connectivity index (χ4v) is 5.35. The molecule has 1 aliphatic heterocycles. The standard InChI is InChI=1S/C20H27N3O3S/c1-16-9-13-23(14-10-16)27(25,26)18-7-5-17(6-8-18)22-19(24)20(15-21)11-3-2-4-12-20/h5-8,16H,2-4,9-14H2,1H3,(H,22,24). The van der Waals surface area contributed by atoms with Crippen LogP contribution in [-0.4, -0.2) is 31.7 Å². The Morgan fingerprint density at radius 1 is 1.15 bits per heavy atom. The van der Waals surface area contributed by atoms with Crippen LogP contribution >= 0.6 is 0 Å². The molecule has 1 saturated heterocycles. The van der Waals surface area contributed by atoms with Crippen molar-refractivity contribution in [3.05, 3.63) is 24.3 Å². The number of amides is 1. The third kappa shape index (κ3) is 4.17. The summed E-state index contributed by atoms with van der Waals surface area (Å²) in [4.78, 5) is 12.9. The average molecular weight is 390 g/mol. The van der Waals surface area contributed by atoms with Gasteiger partial charge in [0.25, 0.3) is 0 Å². The molecule has 1 amide bonds. The maximum absolute atomic E-state index is 12.8. The van der Waals surface area contributed by atoms with E-state index in [1.54, 1.807) is 12.1 Å². The molecule has 0 radical (unpaired) electrons. The third-order valence-corrected chi connectivity index (χ3v) is 7.76. The van der Waals surface area contributed by atoms with Gasteiger partial charge in [-0.05, 0) is 55.9 Å². The first-order valence-corrected chi connectivity index (χ1v) is 11.1. The van der Waals surface area contributed by atoms with Gasteiger partial charge < -0.3 is 5.32 Å². The van der Waals surface area contributed by atoms with Gasteiger partial charge in [-0.1, -0.05) is 26.2 Å². The molecule has 146 valence electrons. The molecule has 0 bridgehead atoms. The smallest absolute Gasteiger partial charge is 0.244 e. The van der Waals surface area contributed by atoms with E-state index in [-0.39, 0.29) is 10.8 Å². The van der Waals surface area contributed by atoms with E-state index in [0.29, 0.717) is 37.5 Å². The van der Waals surface area contributed by atoms with E-state index in [0.717, 1.165) is 32.1 Å². The first-order chi connectivity index (χ1) is 12.9. The van der Waals surface area contributed by atoms with Crippen molar-refractivity contribution in [2.75, 3.05) is 18.4 Å². The van der Waals surface area contributed by atoms with E-state index >= 15 is 0 Å². The predicted octanol–water partition coefficient (Wildman–Crippen LogP) is 3.52. The lowest BCUT2D eigenvalue weighted by Gasteiger charge is -2.30. The minimum absolute atomic E-state index is 0.239. The molecule has 7 heteroatoms. The Labute approximate surface area is 161 Å². The number of nitriles is 1. The van der Waals surface area contributed by atoms with E-state index < -0.39 is 15.4 Å². The highest BCUT2D eigenvalue weighted by molar-refractivity contribution is 7.89. The van der Waals surface area contributed by atoms with Crippen LogP contribution in [0.3, 0.4) is 0 Å². The summed E-state index contributed by atoms with van der Waals surface area (Å²) >= 11 is 0. The number of hydrogen-bond donors (Lipinski definition) is 1. The number of anilines is 1. The van der Waals surface area contributed by atoms with Crippen molar-refractivity contribution in [3.63, 3.8) is 0 Å². The second-order valence-electron chi connectivity index (χ2n) is 7.82. The maximum Gasteiger partial charge on any atom is 0.244 e. The molecule has 1 aromatic rings. The van der Waals surface area contributed by atoms with Crippen molar-refractivity contribution in [2.45, 2.75) is 56.8 Å². The molecule has 3 rings (SSSR count). The van der Waals surface area contributed by atoms with Gasteiger partial charge in [-0.3, -0.25) is 4.79 Å². The van der Waals surface area contributed by atoms with Gasteiger partial charge in [0.15, 0.2) is 0 Å². The summed E-state index contributed by atoms with van der Waals surface area (Å²) in [6.45, 7) is 3.24. The monoisotopic (exact) mass is 389 g/mol. The van der Waals surface area contributed by atoms with Gasteiger partial charge in [0.1, 0.15) is 5.41 Å². The zero-order valence-electron chi connectivity index (χ0n) is 15.8. The van der Waals surface area contributed by atoms with Crippen molar-refractivity contribution in [3.8, 4) is 6.07 Å². The zero-order valence-corrected chi connectivity index (χ0v) is 16.6. The largest absolute Gasteiger partial charge is 0.325 e. The lowest BCUT2D eigenvalue weighted by molar-refractivity contribution is -0.124. The van der Waals surface area contributed by atoms with Crippen LogP contribution in [0.25, 0.3) is 0 Å². The molecule has 27 heavy (non-hydrogen) atoms.